The molecule has 1 N–H and O–H groups in total. The number of anilines is 1. The second kappa shape index (κ2) is 8.97. The molecule has 0 saturated carbocycles. The van der Waals surface area contributed by atoms with Crippen molar-refractivity contribution in [1.29, 1.82) is 0 Å². The molecule has 0 aliphatic heterocycles. The Morgan fingerprint density at radius 1 is 1.14 bits per heavy atom. The summed E-state index contributed by atoms with van der Waals surface area (Å²) in [6, 6.07) is 8.42. The number of benzene rings is 1. The van der Waals surface area contributed by atoms with Crippen molar-refractivity contribution in [2.75, 3.05) is 26.0 Å². The Bertz CT molecular complexity index is 1020. The number of thiazole rings is 1. The molecule has 1 aromatic carbocycles. The van der Waals surface area contributed by atoms with Crippen LogP contribution in [0.4, 0.5) is 5.69 Å². The minimum absolute atomic E-state index is 0.126. The lowest BCUT2D eigenvalue weighted by Gasteiger charge is -2.11. The molecule has 0 aliphatic carbocycles. The van der Waals surface area contributed by atoms with Crippen LogP contribution in [0.15, 0.2) is 41.1 Å². The lowest BCUT2D eigenvalue weighted by molar-refractivity contribution is -0.119. The van der Waals surface area contributed by atoms with Crippen molar-refractivity contribution in [3.63, 3.8) is 0 Å². The average Bonchev–Trinajstić information content (AvgIpc) is 3.35. The standard InChI is InChI=1S/C20H19N3O4S2/c1-12-17(29-18(21-12)14-8-9-28-11-14)20(26)27-10-16(24)22-15-6-4-13(5-7-15)19(25)23(2)3/h4-9,11H,10H2,1-3H3,(H,22,24). The van der Waals surface area contributed by atoms with Gasteiger partial charge in [0.15, 0.2) is 6.61 Å². The molecule has 0 aliphatic rings. The number of thiophene rings is 1. The molecular weight excluding hydrogens is 410 g/mol. The third kappa shape index (κ3) is 5.07. The Balaban J connectivity index is 1.55. The second-order valence-electron chi connectivity index (χ2n) is 6.35. The summed E-state index contributed by atoms with van der Waals surface area (Å²) in [7, 11) is 3.33. The van der Waals surface area contributed by atoms with Gasteiger partial charge in [-0.15, -0.1) is 11.3 Å². The van der Waals surface area contributed by atoms with Gasteiger partial charge in [-0.2, -0.15) is 11.3 Å². The molecule has 3 aromatic rings. The van der Waals surface area contributed by atoms with E-state index in [1.54, 1.807) is 56.6 Å². The Morgan fingerprint density at radius 2 is 1.86 bits per heavy atom. The largest absolute Gasteiger partial charge is 0.451 e. The predicted molar refractivity (Wildman–Crippen MR) is 114 cm³/mol. The summed E-state index contributed by atoms with van der Waals surface area (Å²) in [5.74, 6) is -1.17. The number of nitrogens with zero attached hydrogens (tertiary/aromatic N) is 2. The van der Waals surface area contributed by atoms with Gasteiger partial charge in [-0.3, -0.25) is 9.59 Å². The van der Waals surface area contributed by atoms with Crippen LogP contribution in [0.1, 0.15) is 25.7 Å². The molecule has 2 aromatic heterocycles. The molecule has 2 heterocycles. The minimum atomic E-state index is -0.580. The van der Waals surface area contributed by atoms with E-state index < -0.39 is 18.5 Å². The fraction of sp³-hybridized carbons (Fsp3) is 0.200. The van der Waals surface area contributed by atoms with Gasteiger partial charge < -0.3 is 15.0 Å². The summed E-state index contributed by atoms with van der Waals surface area (Å²) in [6.07, 6.45) is 0. The van der Waals surface area contributed by atoms with Gasteiger partial charge in [0.2, 0.25) is 0 Å². The highest BCUT2D eigenvalue weighted by Gasteiger charge is 2.19. The number of ether oxygens (including phenoxy) is 1. The van der Waals surface area contributed by atoms with E-state index in [-0.39, 0.29) is 5.91 Å². The molecule has 150 valence electrons. The molecule has 0 atom stereocenters. The molecule has 0 unspecified atom stereocenters. The van der Waals surface area contributed by atoms with Crippen LogP contribution >= 0.6 is 22.7 Å². The number of hydrogen-bond donors (Lipinski definition) is 1. The van der Waals surface area contributed by atoms with Crippen LogP contribution in [0, 0.1) is 6.92 Å². The third-order valence-electron chi connectivity index (χ3n) is 3.91. The van der Waals surface area contributed by atoms with Gasteiger partial charge in [-0.25, -0.2) is 9.78 Å². The first-order valence-corrected chi connectivity index (χ1v) is 10.4. The first-order chi connectivity index (χ1) is 13.8. The quantitative estimate of drug-likeness (QED) is 0.604. The van der Waals surface area contributed by atoms with Gasteiger partial charge in [0.05, 0.1) is 5.69 Å². The molecule has 0 bridgehead atoms. The molecule has 9 heteroatoms. The molecular formula is C20H19N3O4S2. The first-order valence-electron chi connectivity index (χ1n) is 8.64. The maximum Gasteiger partial charge on any atom is 0.350 e. The molecule has 2 amide bonds. The highest BCUT2D eigenvalue weighted by Crippen LogP contribution is 2.29. The Kier molecular flexibility index (Phi) is 6.40. The van der Waals surface area contributed by atoms with E-state index in [4.69, 9.17) is 4.74 Å². The number of esters is 1. The predicted octanol–water partition coefficient (Wildman–Crippen LogP) is 3.68. The van der Waals surface area contributed by atoms with Crippen LogP contribution < -0.4 is 5.32 Å². The topological polar surface area (TPSA) is 88.6 Å². The zero-order valence-corrected chi connectivity index (χ0v) is 17.7. The van der Waals surface area contributed by atoms with E-state index in [1.165, 1.54) is 16.2 Å². The number of aryl methyl sites for hydroxylation is 1. The van der Waals surface area contributed by atoms with Crippen molar-refractivity contribution < 1.29 is 19.1 Å². The van der Waals surface area contributed by atoms with Gasteiger partial charge in [0.25, 0.3) is 11.8 Å². The number of carbonyl (C=O) groups is 3. The molecule has 7 nitrogen and oxygen atoms in total. The minimum Gasteiger partial charge on any atom is -0.451 e. The summed E-state index contributed by atoms with van der Waals surface area (Å²) in [5.41, 5.74) is 2.55. The SMILES string of the molecule is Cc1nc(-c2ccsc2)sc1C(=O)OCC(=O)Nc1ccc(C(=O)N(C)C)cc1. The number of rotatable bonds is 6. The summed E-state index contributed by atoms with van der Waals surface area (Å²) >= 11 is 2.79. The number of carbonyl (C=O) groups excluding carboxylic acids is 3. The fourth-order valence-corrected chi connectivity index (χ4v) is 4.11. The number of hydrogen-bond acceptors (Lipinski definition) is 7. The van der Waals surface area contributed by atoms with E-state index >= 15 is 0 Å². The van der Waals surface area contributed by atoms with Gasteiger partial charge in [-0.05, 0) is 42.6 Å². The van der Waals surface area contributed by atoms with Crippen LogP contribution in [0.3, 0.4) is 0 Å². The van der Waals surface area contributed by atoms with Crippen molar-refractivity contribution in [3.05, 3.63) is 57.2 Å². The van der Waals surface area contributed by atoms with E-state index in [9.17, 15) is 14.4 Å². The number of amides is 2. The molecule has 0 radical (unpaired) electrons. The van der Waals surface area contributed by atoms with Gasteiger partial charge in [0.1, 0.15) is 9.88 Å². The summed E-state index contributed by atoms with van der Waals surface area (Å²) in [6.45, 7) is 1.32. The Labute approximate surface area is 176 Å². The zero-order valence-electron chi connectivity index (χ0n) is 16.1. The van der Waals surface area contributed by atoms with Crippen molar-refractivity contribution in [2.45, 2.75) is 6.92 Å². The van der Waals surface area contributed by atoms with Crippen LogP contribution in [-0.4, -0.2) is 48.4 Å². The summed E-state index contributed by atoms with van der Waals surface area (Å²) in [5, 5.41) is 7.28. The lowest BCUT2D eigenvalue weighted by Crippen LogP contribution is -2.22. The highest BCUT2D eigenvalue weighted by atomic mass is 32.1. The molecule has 0 fully saturated rings. The molecule has 3 rings (SSSR count). The Morgan fingerprint density at radius 3 is 2.48 bits per heavy atom. The molecule has 29 heavy (non-hydrogen) atoms. The van der Waals surface area contributed by atoms with Crippen molar-refractivity contribution >= 4 is 46.1 Å². The van der Waals surface area contributed by atoms with Gasteiger partial charge in [0, 0.05) is 36.3 Å². The van der Waals surface area contributed by atoms with Crippen molar-refractivity contribution in [2.24, 2.45) is 0 Å². The van der Waals surface area contributed by atoms with E-state index in [0.29, 0.717) is 21.8 Å². The lowest BCUT2D eigenvalue weighted by atomic mass is 10.2. The second-order valence-corrected chi connectivity index (χ2v) is 8.13. The number of aromatic nitrogens is 1. The average molecular weight is 430 g/mol. The van der Waals surface area contributed by atoms with E-state index in [0.717, 1.165) is 10.6 Å². The first kappa shape index (κ1) is 20.7. The third-order valence-corrected chi connectivity index (χ3v) is 5.78. The monoisotopic (exact) mass is 429 g/mol. The molecule has 0 saturated heterocycles. The normalized spacial score (nSPS) is 10.4. The zero-order chi connectivity index (χ0) is 21.0. The molecule has 0 spiro atoms. The summed E-state index contributed by atoms with van der Waals surface area (Å²) in [4.78, 5) is 42.5. The van der Waals surface area contributed by atoms with Crippen molar-refractivity contribution in [3.8, 4) is 10.6 Å². The highest BCUT2D eigenvalue weighted by molar-refractivity contribution is 7.17. The Hall–Kier alpha value is -3.04. The maximum atomic E-state index is 12.3. The van der Waals surface area contributed by atoms with Crippen LogP contribution in [0.5, 0.6) is 0 Å². The van der Waals surface area contributed by atoms with Gasteiger partial charge in [-0.1, -0.05) is 0 Å². The van der Waals surface area contributed by atoms with Crippen LogP contribution in [0.2, 0.25) is 0 Å². The number of nitrogens with one attached hydrogen (secondary N) is 1. The maximum absolute atomic E-state index is 12.3. The summed E-state index contributed by atoms with van der Waals surface area (Å²) < 4.78 is 5.13. The van der Waals surface area contributed by atoms with Crippen LogP contribution in [-0.2, 0) is 9.53 Å². The van der Waals surface area contributed by atoms with Gasteiger partial charge >= 0.3 is 5.97 Å². The van der Waals surface area contributed by atoms with E-state index in [2.05, 4.69) is 10.3 Å². The smallest absolute Gasteiger partial charge is 0.350 e. The fourth-order valence-electron chi connectivity index (χ4n) is 2.44. The van der Waals surface area contributed by atoms with Crippen molar-refractivity contribution in [1.82, 2.24) is 9.88 Å². The van der Waals surface area contributed by atoms with E-state index in [1.807, 2.05) is 16.8 Å². The van der Waals surface area contributed by atoms with Crippen LogP contribution in [0.25, 0.3) is 10.6 Å².